The third-order valence-electron chi connectivity index (χ3n) is 5.16. The van der Waals surface area contributed by atoms with E-state index < -0.39 is 0 Å². The monoisotopic (exact) mass is 432 g/mol. The molecule has 0 aliphatic rings. The van der Waals surface area contributed by atoms with Gasteiger partial charge in [0, 0.05) is 29.5 Å². The number of para-hydroxylation sites is 2. The summed E-state index contributed by atoms with van der Waals surface area (Å²) < 4.78 is 0. The van der Waals surface area contributed by atoms with E-state index in [4.69, 9.17) is 9.98 Å². The fourth-order valence-corrected chi connectivity index (χ4v) is 3.54. The van der Waals surface area contributed by atoms with Crippen molar-refractivity contribution in [3.05, 3.63) is 58.7 Å². The van der Waals surface area contributed by atoms with E-state index in [0.29, 0.717) is 23.7 Å². The molecule has 0 aliphatic carbocycles. The summed E-state index contributed by atoms with van der Waals surface area (Å²) in [6, 6.07) is 13.0. The quantitative estimate of drug-likeness (QED) is 0.311. The Morgan fingerprint density at radius 2 is 0.759 bits per heavy atom. The van der Waals surface area contributed by atoms with Gasteiger partial charge in [0.1, 0.15) is 0 Å². The first kappa shape index (κ1) is 25.3. The van der Waals surface area contributed by atoms with Gasteiger partial charge in [0.2, 0.25) is 0 Å². The second-order valence-electron chi connectivity index (χ2n) is 8.75. The Labute approximate surface area is 188 Å². The van der Waals surface area contributed by atoms with E-state index in [1.165, 1.54) is 22.3 Å². The van der Waals surface area contributed by atoms with Crippen LogP contribution in [0, 0.1) is 0 Å². The molecule has 2 rings (SSSR count). The van der Waals surface area contributed by atoms with Gasteiger partial charge in [0.15, 0.2) is 0 Å². The maximum absolute atomic E-state index is 4.84. The number of hydrogen-bond acceptors (Lipinski definition) is 2. The number of rotatable bonds is 7. The van der Waals surface area contributed by atoms with Gasteiger partial charge in [-0.05, 0) is 45.9 Å². The van der Waals surface area contributed by atoms with Crippen molar-refractivity contribution in [1.82, 2.24) is 0 Å². The van der Waals surface area contributed by atoms with Crippen LogP contribution in [-0.4, -0.2) is 12.4 Å². The zero-order valence-corrected chi connectivity index (χ0v) is 20.3. The van der Waals surface area contributed by atoms with Crippen LogP contribution >= 0.6 is 0 Å². The molecule has 0 spiro atoms. The first-order valence-electron chi connectivity index (χ1n) is 10.6. The molecule has 0 saturated heterocycles. The molecule has 0 aliphatic heterocycles. The van der Waals surface area contributed by atoms with Gasteiger partial charge in [0.25, 0.3) is 0 Å². The second kappa shape index (κ2) is 11.5. The Morgan fingerprint density at radius 1 is 0.517 bits per heavy atom. The third kappa shape index (κ3) is 6.39. The minimum absolute atomic E-state index is 0. The van der Waals surface area contributed by atoms with Gasteiger partial charge >= 0.3 is 0 Å². The van der Waals surface area contributed by atoms with Crippen molar-refractivity contribution in [3.63, 3.8) is 0 Å². The largest absolute Gasteiger partial charge is 0.255 e. The van der Waals surface area contributed by atoms with Crippen LogP contribution in [0.1, 0.15) is 101 Å². The summed E-state index contributed by atoms with van der Waals surface area (Å²) in [5.41, 5.74) is 7.37. The van der Waals surface area contributed by atoms with E-state index >= 15 is 0 Å². The summed E-state index contributed by atoms with van der Waals surface area (Å²) in [7, 11) is 0. The van der Waals surface area contributed by atoms with Crippen molar-refractivity contribution in [2.24, 2.45) is 9.98 Å². The van der Waals surface area contributed by atoms with Crippen LogP contribution in [0.3, 0.4) is 0 Å². The Morgan fingerprint density at radius 3 is 0.966 bits per heavy atom. The van der Waals surface area contributed by atoms with E-state index in [0.717, 1.165) is 11.4 Å². The van der Waals surface area contributed by atoms with Gasteiger partial charge < -0.3 is 0 Å². The molecule has 2 nitrogen and oxygen atoms in total. The van der Waals surface area contributed by atoms with Crippen LogP contribution in [-0.2, 0) is 17.1 Å². The molecule has 0 N–H and O–H groups in total. The first-order chi connectivity index (χ1) is 13.2. The maximum atomic E-state index is 4.84. The number of hydrogen-bond donors (Lipinski definition) is 0. The molecule has 3 heteroatoms. The molecule has 0 fully saturated rings. The van der Waals surface area contributed by atoms with Gasteiger partial charge in [-0.2, -0.15) is 0 Å². The van der Waals surface area contributed by atoms with Gasteiger partial charge in [0.05, 0.1) is 11.4 Å². The molecule has 0 saturated carbocycles. The smallest absolute Gasteiger partial charge is 0.0699 e. The minimum Gasteiger partial charge on any atom is -0.255 e. The van der Waals surface area contributed by atoms with Crippen LogP contribution in [0.5, 0.6) is 0 Å². The molecule has 29 heavy (non-hydrogen) atoms. The summed E-state index contributed by atoms with van der Waals surface area (Å²) in [5.74, 6) is 1.77. The minimum atomic E-state index is 0. The van der Waals surface area contributed by atoms with Crippen LogP contribution in [0.4, 0.5) is 11.4 Å². The molecule has 0 heterocycles. The van der Waals surface area contributed by atoms with E-state index in [-0.39, 0.29) is 17.1 Å². The standard InChI is InChI=1S/C26H36N2.Fe/c1-17(2)21-11-9-12-22(18(3)4)25(21)27-15-16-28-26-23(19(5)6)13-10-14-24(26)20(7)8;/h9-20H,1-8H3;. The Bertz CT molecular complexity index is 722. The second-order valence-corrected chi connectivity index (χ2v) is 8.75. The van der Waals surface area contributed by atoms with E-state index in [2.05, 4.69) is 91.8 Å². The zero-order valence-electron chi connectivity index (χ0n) is 19.2. The van der Waals surface area contributed by atoms with Crippen molar-refractivity contribution in [3.8, 4) is 0 Å². The fraction of sp³-hybridized carbons (Fsp3) is 0.462. The first-order valence-corrected chi connectivity index (χ1v) is 10.6. The predicted molar refractivity (Wildman–Crippen MR) is 126 cm³/mol. The Hall–Kier alpha value is -1.70. The van der Waals surface area contributed by atoms with Crippen molar-refractivity contribution in [1.29, 1.82) is 0 Å². The molecule has 2 aromatic carbocycles. The molecule has 0 aromatic heterocycles. The average Bonchev–Trinajstić information content (AvgIpc) is 2.64. The molecular weight excluding hydrogens is 396 g/mol. The van der Waals surface area contributed by atoms with Gasteiger partial charge in [-0.15, -0.1) is 0 Å². The van der Waals surface area contributed by atoms with Crippen molar-refractivity contribution in [2.75, 3.05) is 0 Å². The zero-order chi connectivity index (χ0) is 20.8. The maximum Gasteiger partial charge on any atom is 0.0699 e. The van der Waals surface area contributed by atoms with Crippen LogP contribution in [0.2, 0.25) is 0 Å². The number of nitrogens with zero attached hydrogens (tertiary/aromatic N) is 2. The molecule has 158 valence electrons. The molecule has 0 bridgehead atoms. The summed E-state index contributed by atoms with van der Waals surface area (Å²) in [5, 5.41) is 0. The number of benzene rings is 2. The van der Waals surface area contributed by atoms with Gasteiger partial charge in [-0.3, -0.25) is 9.98 Å². The molecule has 2 aromatic rings. The summed E-state index contributed by atoms with van der Waals surface area (Å²) in [6.07, 6.45) is 3.71. The van der Waals surface area contributed by atoms with E-state index in [1.54, 1.807) is 0 Å². The molecular formula is C26H36FeN2. The van der Waals surface area contributed by atoms with E-state index in [1.807, 2.05) is 12.4 Å². The predicted octanol–water partition coefficient (Wildman–Crippen LogP) is 8.28. The summed E-state index contributed by atoms with van der Waals surface area (Å²) >= 11 is 0. The summed E-state index contributed by atoms with van der Waals surface area (Å²) in [6.45, 7) is 17.8. The Kier molecular flexibility index (Phi) is 10.0. The molecule has 0 atom stereocenters. The SMILES string of the molecule is CC(C)c1cccc(C(C)C)c1N=CC=Nc1c(C(C)C)cccc1C(C)C.[Fe]. The van der Waals surface area contributed by atoms with Crippen LogP contribution in [0.15, 0.2) is 46.4 Å². The van der Waals surface area contributed by atoms with Crippen LogP contribution < -0.4 is 0 Å². The van der Waals surface area contributed by atoms with Crippen molar-refractivity contribution >= 4 is 23.8 Å². The molecule has 0 amide bonds. The van der Waals surface area contributed by atoms with E-state index in [9.17, 15) is 0 Å². The Balaban J connectivity index is 0.00000420. The third-order valence-corrected chi connectivity index (χ3v) is 5.16. The van der Waals surface area contributed by atoms with Crippen LogP contribution in [0.25, 0.3) is 0 Å². The van der Waals surface area contributed by atoms with Gasteiger partial charge in [-0.25, -0.2) is 0 Å². The normalized spacial score (nSPS) is 12.1. The fourth-order valence-electron chi connectivity index (χ4n) is 3.54. The van der Waals surface area contributed by atoms with Gasteiger partial charge in [-0.1, -0.05) is 91.8 Å². The molecule has 0 unspecified atom stereocenters. The topological polar surface area (TPSA) is 24.7 Å². The average molecular weight is 432 g/mol. The summed E-state index contributed by atoms with van der Waals surface area (Å²) in [4.78, 5) is 9.68. The number of aliphatic imine (C=N–C) groups is 2. The van der Waals surface area contributed by atoms with Crippen molar-refractivity contribution in [2.45, 2.75) is 79.1 Å². The van der Waals surface area contributed by atoms with Crippen molar-refractivity contribution < 1.29 is 17.1 Å². The molecule has 0 radical (unpaired) electrons.